The van der Waals surface area contributed by atoms with Crippen LogP contribution < -0.4 is 0 Å². The summed E-state index contributed by atoms with van der Waals surface area (Å²) < 4.78 is 15.9. The molecule has 10 aromatic heterocycles. The van der Waals surface area contributed by atoms with E-state index in [1.165, 1.54) is 69.0 Å². The standard InChI is InChI=1S/C26H22N2O.2C26H22N2S.C20H18N2O.C20H18N2S/c1-26(2,3)25-27-23(22-20-11-7-8-12-21(20)29-24(22)28-25)19-15-13-18(14-16-19)17-9-5-4-6-10-17;1-26(2,3)25-27-23(22-20-14-7-8-15-21(20)29-24(22)28-25)19-13-9-12-18(16-19)17-10-5-4-6-11-17;1-26(2,3)25-27-23(22-20-11-7-8-12-21(20)29-24(22)28-25)19-15-13-18(14-16-19)17-9-5-4-6-10-17;1-20(2,3)19-21-16(13-9-5-4-6-10-13)18-17(22-19)14-11-7-8-12-15(14)23-18;1-20(2,3)19-21-17(13-9-5-4-6-10-13)16-14-11-7-8-12-15(14)23-18(16)22-19/h3*4-16H,1-3H3;2*4-12H,1-3H3. The number of para-hydroxylation sites is 2. The van der Waals surface area contributed by atoms with Crippen LogP contribution in [0.1, 0.15) is 133 Å². The third kappa shape index (κ3) is 18.3. The number of thiophene rings is 3. The number of hydrogen-bond donors (Lipinski definition) is 0. The highest BCUT2D eigenvalue weighted by atomic mass is 32.1. The third-order valence-electron chi connectivity index (χ3n) is 23.4. The molecule has 0 saturated heterocycles. The summed E-state index contributed by atoms with van der Waals surface area (Å²) in [6, 6.07) is 120. The van der Waals surface area contributed by atoms with E-state index in [9.17, 15) is 0 Å². The summed E-state index contributed by atoms with van der Waals surface area (Å²) in [6.07, 6.45) is 0. The molecule has 0 amide bonds. The van der Waals surface area contributed by atoms with Crippen LogP contribution in [0.25, 0.3) is 195 Å². The maximum Gasteiger partial charge on any atom is 0.231 e. The van der Waals surface area contributed by atoms with Crippen LogP contribution in [-0.2, 0) is 27.1 Å². The molecule has 0 atom stereocenters. The van der Waals surface area contributed by atoms with E-state index in [1.807, 2.05) is 72.8 Å². The zero-order valence-corrected chi connectivity index (χ0v) is 79.9. The van der Waals surface area contributed by atoms with E-state index >= 15 is 0 Å². The average molecular weight is 1790 g/mol. The van der Waals surface area contributed by atoms with E-state index in [1.54, 1.807) is 34.0 Å². The Morgan fingerprint density at radius 1 is 0.195 bits per heavy atom. The highest BCUT2D eigenvalue weighted by Gasteiger charge is 2.30. The van der Waals surface area contributed by atoms with Gasteiger partial charge in [-0.3, -0.25) is 0 Å². The molecule has 23 rings (SSSR count). The number of furan rings is 2. The Labute approximate surface area is 787 Å². The molecule has 0 radical (unpaired) electrons. The SMILES string of the molecule is CC(C)(C)c1nc(-c2ccc(-c3ccccc3)cc2)c2c(n1)oc1ccccc12.CC(C)(C)c1nc(-c2ccc(-c3ccccc3)cc2)c2c(n1)sc1ccccc12.CC(C)(C)c1nc(-c2cccc(-c3ccccc3)c2)c2c(n1)sc1ccccc12.CC(C)(C)c1nc(-c2ccccc2)c2c(n1)sc1ccccc12.CC(C)(C)c1nc(-c2ccccc2)c2oc3ccccc3c2n1. The number of aromatic nitrogens is 10. The van der Waals surface area contributed by atoms with E-state index in [4.69, 9.17) is 58.7 Å². The summed E-state index contributed by atoms with van der Waals surface area (Å²) in [5, 5.41) is 10.2. The van der Waals surface area contributed by atoms with Crippen LogP contribution in [0, 0.1) is 0 Å². The first-order chi connectivity index (χ1) is 64.1. The van der Waals surface area contributed by atoms with Gasteiger partial charge in [-0.1, -0.05) is 407 Å². The first-order valence-corrected chi connectivity index (χ1v) is 47.6. The van der Waals surface area contributed by atoms with Gasteiger partial charge in [-0.25, -0.2) is 44.9 Å². The molecule has 12 nitrogen and oxygen atoms in total. The molecule has 0 fully saturated rings. The van der Waals surface area contributed by atoms with Crippen LogP contribution in [0.2, 0.25) is 0 Å². The Kier molecular flexibility index (Phi) is 23.8. The van der Waals surface area contributed by atoms with E-state index in [2.05, 4.69) is 377 Å². The summed E-state index contributed by atoms with van der Waals surface area (Å²) in [5.41, 5.74) is 21.0. The molecule has 10 heterocycles. The minimum atomic E-state index is -0.175. The van der Waals surface area contributed by atoms with E-state index in [0.29, 0.717) is 5.71 Å². The van der Waals surface area contributed by atoms with Crippen molar-refractivity contribution >= 4 is 139 Å². The predicted octanol–water partition coefficient (Wildman–Crippen LogP) is 33.1. The lowest BCUT2D eigenvalue weighted by Crippen LogP contribution is -2.16. The van der Waals surface area contributed by atoms with Crippen LogP contribution in [0.4, 0.5) is 0 Å². The van der Waals surface area contributed by atoms with E-state index < -0.39 is 0 Å². The number of rotatable bonds is 8. The van der Waals surface area contributed by atoms with Crippen molar-refractivity contribution in [3.8, 4) is 89.7 Å². The largest absolute Gasteiger partial charge is 0.452 e. The average Bonchev–Trinajstić information content (AvgIpc) is 1.66. The molecule has 0 unspecified atom stereocenters. The molecule has 15 heteroatoms. The molecule has 133 heavy (non-hydrogen) atoms. The van der Waals surface area contributed by atoms with E-state index in [0.717, 1.165) is 149 Å². The highest BCUT2D eigenvalue weighted by molar-refractivity contribution is 7.26. The van der Waals surface area contributed by atoms with Crippen molar-refractivity contribution in [2.75, 3.05) is 0 Å². The van der Waals surface area contributed by atoms with Gasteiger partial charge in [-0.2, -0.15) is 4.98 Å². The molecule has 0 aliphatic rings. The zero-order chi connectivity index (χ0) is 92.1. The quantitative estimate of drug-likeness (QED) is 0.142. The summed E-state index contributed by atoms with van der Waals surface area (Å²) in [6.45, 7) is 32.3. The Hall–Kier alpha value is -14.5. The number of nitrogens with zero attached hydrogens (tertiary/aromatic N) is 10. The van der Waals surface area contributed by atoms with Gasteiger partial charge in [0, 0.05) is 112 Å². The monoisotopic (exact) mass is 1790 g/mol. The molecule has 0 saturated carbocycles. The van der Waals surface area contributed by atoms with Gasteiger partial charge in [-0.15, -0.1) is 34.0 Å². The van der Waals surface area contributed by atoms with Crippen LogP contribution in [0.3, 0.4) is 0 Å². The molecule has 0 spiro atoms. The Balaban J connectivity index is 0.000000108. The van der Waals surface area contributed by atoms with Crippen molar-refractivity contribution in [3.05, 3.63) is 375 Å². The first kappa shape index (κ1) is 87.8. The molecule has 23 aromatic rings. The minimum absolute atomic E-state index is 0.0755. The third-order valence-corrected chi connectivity index (χ3v) is 26.6. The van der Waals surface area contributed by atoms with Gasteiger partial charge < -0.3 is 8.83 Å². The number of fused-ring (bicyclic) bond motifs is 15. The van der Waals surface area contributed by atoms with Crippen LogP contribution in [0.15, 0.2) is 355 Å². The fourth-order valence-electron chi connectivity index (χ4n) is 16.4. The molecule has 0 aliphatic carbocycles. The minimum Gasteiger partial charge on any atom is -0.452 e. The molecular weight excluding hydrogens is 1690 g/mol. The summed E-state index contributed by atoms with van der Waals surface area (Å²) in [5.74, 6) is 4.28. The maximum absolute atomic E-state index is 6.09. The lowest BCUT2D eigenvalue weighted by atomic mass is 9.94. The summed E-state index contributed by atoms with van der Waals surface area (Å²) in [7, 11) is 0. The summed E-state index contributed by atoms with van der Waals surface area (Å²) >= 11 is 5.25. The topological polar surface area (TPSA) is 155 Å². The van der Waals surface area contributed by atoms with Gasteiger partial charge in [0.25, 0.3) is 0 Å². The first-order valence-electron chi connectivity index (χ1n) is 45.2. The normalized spacial score (nSPS) is 12.0. The second kappa shape index (κ2) is 36.0. The smallest absolute Gasteiger partial charge is 0.231 e. The second-order valence-corrected chi connectivity index (χ2v) is 41.8. The van der Waals surface area contributed by atoms with Crippen molar-refractivity contribution in [1.82, 2.24) is 49.8 Å². The van der Waals surface area contributed by atoms with Gasteiger partial charge in [0.1, 0.15) is 66.0 Å². The van der Waals surface area contributed by atoms with E-state index in [-0.39, 0.29) is 27.1 Å². The highest BCUT2D eigenvalue weighted by Crippen LogP contribution is 2.46. The molecular formula is C118H102N10O2S3. The molecule has 0 aliphatic heterocycles. The van der Waals surface area contributed by atoms with Gasteiger partial charge in [0.2, 0.25) is 5.71 Å². The summed E-state index contributed by atoms with van der Waals surface area (Å²) in [4.78, 5) is 52.5. The van der Waals surface area contributed by atoms with Crippen molar-refractivity contribution in [2.45, 2.75) is 131 Å². The van der Waals surface area contributed by atoms with Crippen LogP contribution in [0.5, 0.6) is 0 Å². The molecule has 654 valence electrons. The maximum atomic E-state index is 6.09. The second-order valence-electron chi connectivity index (χ2n) is 38.7. The molecule has 0 N–H and O–H groups in total. The predicted molar refractivity (Wildman–Crippen MR) is 560 cm³/mol. The molecule has 0 bridgehead atoms. The van der Waals surface area contributed by atoms with Gasteiger partial charge >= 0.3 is 0 Å². The van der Waals surface area contributed by atoms with Gasteiger partial charge in [0.15, 0.2) is 5.58 Å². The lowest BCUT2D eigenvalue weighted by Gasteiger charge is -2.18. The van der Waals surface area contributed by atoms with Gasteiger partial charge in [-0.05, 0) is 75.8 Å². The van der Waals surface area contributed by atoms with Crippen molar-refractivity contribution in [2.24, 2.45) is 0 Å². The zero-order valence-electron chi connectivity index (χ0n) is 77.4. The number of hydrogen-bond acceptors (Lipinski definition) is 15. The van der Waals surface area contributed by atoms with Crippen molar-refractivity contribution in [1.29, 1.82) is 0 Å². The van der Waals surface area contributed by atoms with Gasteiger partial charge in [0.05, 0.1) is 28.2 Å². The fourth-order valence-corrected chi connectivity index (χ4v) is 19.6. The fraction of sp³-hybridized carbons (Fsp3) is 0.169. The van der Waals surface area contributed by atoms with Crippen molar-refractivity contribution in [3.63, 3.8) is 0 Å². The molecule has 13 aromatic carbocycles. The number of benzene rings is 13. The van der Waals surface area contributed by atoms with Crippen LogP contribution >= 0.6 is 34.0 Å². The lowest BCUT2D eigenvalue weighted by molar-refractivity contribution is 0.540. The Bertz CT molecular complexity index is 7960. The van der Waals surface area contributed by atoms with Crippen LogP contribution in [-0.4, -0.2) is 49.8 Å². The van der Waals surface area contributed by atoms with Crippen molar-refractivity contribution < 1.29 is 8.83 Å². The Morgan fingerprint density at radius 2 is 0.459 bits per heavy atom. The Morgan fingerprint density at radius 3 is 0.857 bits per heavy atom.